The normalized spacial score (nSPS) is 31.6. The van der Waals surface area contributed by atoms with Gasteiger partial charge in [-0.2, -0.15) is 4.65 Å². The molecular formula is C16H28NO5+. The Morgan fingerprint density at radius 2 is 2.18 bits per heavy atom. The molecule has 2 aliphatic heterocycles. The molecule has 0 aromatic heterocycles. The van der Waals surface area contributed by atoms with Gasteiger partial charge in [0.05, 0.1) is 6.10 Å². The zero-order chi connectivity index (χ0) is 16.5. The zero-order valence-electron chi connectivity index (χ0n) is 13.7. The van der Waals surface area contributed by atoms with Crippen molar-refractivity contribution in [1.29, 1.82) is 0 Å². The summed E-state index contributed by atoms with van der Waals surface area (Å²) in [5.41, 5.74) is -0.973. The first-order valence-corrected chi connectivity index (χ1v) is 8.05. The molecule has 0 amide bonds. The molecule has 1 saturated heterocycles. The van der Waals surface area contributed by atoms with Crippen LogP contribution >= 0.6 is 0 Å². The van der Waals surface area contributed by atoms with Gasteiger partial charge in [0, 0.05) is 18.4 Å². The van der Waals surface area contributed by atoms with E-state index >= 15 is 0 Å². The summed E-state index contributed by atoms with van der Waals surface area (Å²) in [6, 6.07) is -0.00228. The Balaban J connectivity index is 1.97. The van der Waals surface area contributed by atoms with Crippen molar-refractivity contribution in [2.45, 2.75) is 57.8 Å². The van der Waals surface area contributed by atoms with Crippen molar-refractivity contribution in [2.24, 2.45) is 5.92 Å². The van der Waals surface area contributed by atoms with Crippen LogP contribution in [0.15, 0.2) is 11.6 Å². The molecule has 0 saturated carbocycles. The van der Waals surface area contributed by atoms with E-state index in [1.54, 1.807) is 0 Å². The Labute approximate surface area is 131 Å². The number of hydrogen-bond acceptors (Lipinski definition) is 5. The molecule has 6 heteroatoms. The van der Waals surface area contributed by atoms with Crippen LogP contribution in [-0.4, -0.2) is 63.5 Å². The van der Waals surface area contributed by atoms with E-state index in [4.69, 9.17) is 4.74 Å². The molecule has 0 radical (unpaired) electrons. The summed E-state index contributed by atoms with van der Waals surface area (Å²) in [6.45, 7) is 6.47. The van der Waals surface area contributed by atoms with E-state index in [1.807, 2.05) is 19.9 Å². The van der Waals surface area contributed by atoms with E-state index in [1.165, 1.54) is 6.92 Å². The van der Waals surface area contributed by atoms with Crippen LogP contribution in [-0.2, 0) is 9.53 Å². The highest BCUT2D eigenvalue weighted by Crippen LogP contribution is 2.35. The molecule has 0 aromatic carbocycles. The minimum atomic E-state index is -1.88. The predicted octanol–water partition coefficient (Wildman–Crippen LogP) is 0.996. The molecule has 0 aliphatic carbocycles. The van der Waals surface area contributed by atoms with Gasteiger partial charge in [-0.15, -0.1) is 0 Å². The van der Waals surface area contributed by atoms with Gasteiger partial charge in [-0.25, -0.2) is 10.0 Å². The Bertz CT molecular complexity index is 461. The Morgan fingerprint density at radius 1 is 1.50 bits per heavy atom. The summed E-state index contributed by atoms with van der Waals surface area (Å²) in [7, 11) is 0. The monoisotopic (exact) mass is 314 g/mol. The predicted molar refractivity (Wildman–Crippen MR) is 79.9 cm³/mol. The molecule has 6 nitrogen and oxygen atoms in total. The highest BCUT2D eigenvalue weighted by atomic mass is 16.6. The molecule has 2 rings (SSSR count). The fourth-order valence-corrected chi connectivity index (χ4v) is 3.55. The lowest BCUT2D eigenvalue weighted by molar-refractivity contribution is -1.10. The van der Waals surface area contributed by atoms with Crippen LogP contribution in [0.25, 0.3) is 0 Å². The Morgan fingerprint density at radius 3 is 2.77 bits per heavy atom. The van der Waals surface area contributed by atoms with Crippen molar-refractivity contribution in [3.05, 3.63) is 11.6 Å². The van der Waals surface area contributed by atoms with Gasteiger partial charge in [-0.1, -0.05) is 13.8 Å². The van der Waals surface area contributed by atoms with Crippen molar-refractivity contribution >= 4 is 5.97 Å². The third kappa shape index (κ3) is 3.20. The molecular weight excluding hydrogens is 286 g/mol. The lowest BCUT2D eigenvalue weighted by Gasteiger charge is -2.30. The molecule has 2 aliphatic rings. The SMILES string of the molecule is CC(C)CC(O)(C(=O)OCC1=CC[N+]2(O)CCCC12)C(C)O. The van der Waals surface area contributed by atoms with Gasteiger partial charge < -0.3 is 14.9 Å². The number of esters is 1. The van der Waals surface area contributed by atoms with Crippen LogP contribution in [0.3, 0.4) is 0 Å². The lowest BCUT2D eigenvalue weighted by Crippen LogP contribution is -2.50. The molecule has 0 aromatic rings. The third-order valence-corrected chi connectivity index (χ3v) is 4.83. The smallest absolute Gasteiger partial charge is 0.341 e. The zero-order valence-corrected chi connectivity index (χ0v) is 13.7. The summed E-state index contributed by atoms with van der Waals surface area (Å²) < 4.78 is 5.28. The molecule has 2 heterocycles. The minimum absolute atomic E-state index is 0.00228. The van der Waals surface area contributed by atoms with Crippen molar-refractivity contribution in [1.82, 2.24) is 0 Å². The number of ether oxygens (including phenoxy) is 1. The van der Waals surface area contributed by atoms with Gasteiger partial charge >= 0.3 is 5.97 Å². The number of rotatable bonds is 6. The summed E-state index contributed by atoms with van der Waals surface area (Å²) >= 11 is 0. The van der Waals surface area contributed by atoms with E-state index in [-0.39, 0.29) is 29.6 Å². The fourth-order valence-electron chi connectivity index (χ4n) is 3.55. The molecule has 126 valence electrons. The largest absolute Gasteiger partial charge is 0.459 e. The number of carbonyl (C=O) groups is 1. The minimum Gasteiger partial charge on any atom is -0.459 e. The van der Waals surface area contributed by atoms with Gasteiger partial charge in [0.2, 0.25) is 0 Å². The number of hydroxylamine groups is 3. The number of fused-ring (bicyclic) bond motifs is 1. The summed E-state index contributed by atoms with van der Waals surface area (Å²) in [5, 5.41) is 30.6. The second kappa shape index (κ2) is 6.28. The first-order valence-electron chi connectivity index (χ1n) is 8.05. The van der Waals surface area contributed by atoms with Crippen molar-refractivity contribution in [3.8, 4) is 0 Å². The van der Waals surface area contributed by atoms with Gasteiger partial charge in [-0.05, 0) is 25.3 Å². The van der Waals surface area contributed by atoms with Crippen molar-refractivity contribution < 1.29 is 29.6 Å². The van der Waals surface area contributed by atoms with Crippen LogP contribution in [0.1, 0.15) is 40.0 Å². The van der Waals surface area contributed by atoms with Gasteiger partial charge in [0.1, 0.15) is 25.7 Å². The van der Waals surface area contributed by atoms with Crippen LogP contribution < -0.4 is 0 Å². The topological polar surface area (TPSA) is 87.0 Å². The van der Waals surface area contributed by atoms with Crippen molar-refractivity contribution in [3.63, 3.8) is 0 Å². The maximum atomic E-state index is 12.2. The molecule has 3 N–H and O–H groups in total. The van der Waals surface area contributed by atoms with Crippen LogP contribution in [0.5, 0.6) is 0 Å². The summed E-state index contributed by atoms with van der Waals surface area (Å²) in [6.07, 6.45) is 2.70. The second-order valence-corrected chi connectivity index (χ2v) is 7.10. The standard InChI is InChI=1S/C16H28NO5/c1-11(2)9-16(20,12(3)18)15(19)22-10-13-6-8-17(21)7-4-5-14(13)17/h6,11-12,14,18,20-21H,4-5,7-10H2,1-3H3/q+1. The Kier molecular flexibility index (Phi) is 4.96. The average molecular weight is 314 g/mol. The first-order chi connectivity index (χ1) is 10.2. The number of hydrogen-bond donors (Lipinski definition) is 3. The third-order valence-electron chi connectivity index (χ3n) is 4.83. The van der Waals surface area contributed by atoms with Gasteiger partial charge in [0.15, 0.2) is 5.60 Å². The average Bonchev–Trinajstić information content (AvgIpc) is 2.92. The molecule has 0 spiro atoms. The number of aliphatic hydroxyl groups excluding tert-OH is 1. The van der Waals surface area contributed by atoms with E-state index in [9.17, 15) is 20.2 Å². The molecule has 22 heavy (non-hydrogen) atoms. The maximum Gasteiger partial charge on any atom is 0.341 e. The van der Waals surface area contributed by atoms with E-state index in [0.717, 1.165) is 25.0 Å². The molecule has 4 atom stereocenters. The van der Waals surface area contributed by atoms with E-state index < -0.39 is 17.7 Å². The van der Waals surface area contributed by atoms with E-state index in [0.29, 0.717) is 6.54 Å². The summed E-state index contributed by atoms with van der Waals surface area (Å²) in [5.74, 6) is -0.743. The quantitative estimate of drug-likeness (QED) is 0.387. The van der Waals surface area contributed by atoms with Gasteiger partial charge in [-0.3, -0.25) is 0 Å². The maximum absolute atomic E-state index is 12.2. The second-order valence-electron chi connectivity index (χ2n) is 7.10. The number of carbonyl (C=O) groups excluding carboxylic acids is 1. The Hall–Kier alpha value is -0.950. The summed E-state index contributed by atoms with van der Waals surface area (Å²) in [4.78, 5) is 12.2. The van der Waals surface area contributed by atoms with Crippen molar-refractivity contribution in [2.75, 3.05) is 19.7 Å². The lowest BCUT2D eigenvalue weighted by atomic mass is 9.88. The van der Waals surface area contributed by atoms with Crippen LogP contribution in [0.2, 0.25) is 0 Å². The molecule has 4 unspecified atom stereocenters. The molecule has 1 fully saturated rings. The first kappa shape index (κ1) is 17.4. The number of aliphatic hydroxyl groups is 2. The highest BCUT2D eigenvalue weighted by molar-refractivity contribution is 5.80. The molecule has 0 bridgehead atoms. The number of quaternary nitrogens is 1. The fraction of sp³-hybridized carbons (Fsp3) is 0.812. The van der Waals surface area contributed by atoms with Crippen LogP contribution in [0.4, 0.5) is 0 Å². The van der Waals surface area contributed by atoms with E-state index in [2.05, 4.69) is 0 Å². The van der Waals surface area contributed by atoms with Gasteiger partial charge in [0.25, 0.3) is 0 Å². The number of nitrogens with zero attached hydrogens (tertiary/aromatic N) is 1. The highest BCUT2D eigenvalue weighted by Gasteiger charge is 2.48. The van der Waals surface area contributed by atoms with Crippen LogP contribution in [0, 0.1) is 5.92 Å².